The molecule has 0 saturated heterocycles. The molecule has 0 aliphatic heterocycles. The Morgan fingerprint density at radius 1 is 0.967 bits per heavy atom. The van der Waals surface area contributed by atoms with Crippen molar-refractivity contribution in [2.24, 2.45) is 5.10 Å². The minimum Gasteiger partial charge on any atom is -0.497 e. The van der Waals surface area contributed by atoms with Crippen molar-refractivity contribution < 1.29 is 9.53 Å². The molecule has 0 unspecified atom stereocenters. The lowest BCUT2D eigenvalue weighted by Crippen LogP contribution is -2.17. The second-order valence-corrected chi connectivity index (χ2v) is 6.51. The summed E-state index contributed by atoms with van der Waals surface area (Å²) in [5.41, 5.74) is 6.49. The van der Waals surface area contributed by atoms with Gasteiger partial charge >= 0.3 is 0 Å². The number of ether oxygens (including phenoxy) is 1. The molecule has 30 heavy (non-hydrogen) atoms. The number of nitrogens with one attached hydrogen (secondary N) is 1. The molecule has 0 aliphatic carbocycles. The Morgan fingerprint density at radius 2 is 1.63 bits per heavy atom. The van der Waals surface area contributed by atoms with Crippen molar-refractivity contribution in [3.63, 3.8) is 0 Å². The Bertz CT molecular complexity index is 1150. The molecule has 0 fully saturated rings. The molecule has 0 aliphatic rings. The number of hydrogen-bond acceptors (Lipinski definition) is 4. The zero-order valence-electron chi connectivity index (χ0n) is 16.4. The number of hydrazone groups is 1. The summed E-state index contributed by atoms with van der Waals surface area (Å²) >= 11 is 0. The van der Waals surface area contributed by atoms with Gasteiger partial charge in [-0.25, -0.2) is 10.1 Å². The van der Waals surface area contributed by atoms with Gasteiger partial charge in [0.2, 0.25) is 0 Å². The van der Waals surface area contributed by atoms with Crippen molar-refractivity contribution >= 4 is 12.1 Å². The topological polar surface area (TPSA) is 68.5 Å². The lowest BCUT2D eigenvalue weighted by molar-refractivity contribution is 0.0955. The van der Waals surface area contributed by atoms with E-state index in [4.69, 9.17) is 9.84 Å². The third-order valence-electron chi connectivity index (χ3n) is 4.53. The van der Waals surface area contributed by atoms with E-state index in [0.29, 0.717) is 5.56 Å². The number of carbonyl (C=O) groups is 1. The van der Waals surface area contributed by atoms with Crippen LogP contribution in [0.3, 0.4) is 0 Å². The van der Waals surface area contributed by atoms with E-state index < -0.39 is 0 Å². The molecule has 4 rings (SSSR count). The first-order valence-corrected chi connectivity index (χ1v) is 9.42. The molecule has 1 N–H and O–H groups in total. The highest BCUT2D eigenvalue weighted by Gasteiger charge is 2.12. The van der Waals surface area contributed by atoms with Gasteiger partial charge in [-0.05, 0) is 48.5 Å². The van der Waals surface area contributed by atoms with Crippen LogP contribution in [-0.2, 0) is 0 Å². The number of hydrogen-bond donors (Lipinski definition) is 1. The van der Waals surface area contributed by atoms with Gasteiger partial charge in [0, 0.05) is 22.9 Å². The lowest BCUT2D eigenvalue weighted by Gasteiger charge is -2.02. The number of benzene rings is 3. The van der Waals surface area contributed by atoms with Gasteiger partial charge in [-0.1, -0.05) is 36.4 Å². The standard InChI is InChI=1S/C24H20N4O2/c1-30-22-14-12-18(13-15-22)23-20(17-28(27-23)21-10-6-3-7-11-21)16-25-26-24(29)19-8-4-2-5-9-19/h2-17H,1H3,(H,26,29). The molecular formula is C24H20N4O2. The summed E-state index contributed by atoms with van der Waals surface area (Å²) < 4.78 is 7.04. The predicted molar refractivity (Wildman–Crippen MR) is 117 cm³/mol. The molecule has 1 amide bonds. The number of methoxy groups -OCH3 is 1. The Labute approximate surface area is 174 Å². The third kappa shape index (κ3) is 4.28. The van der Waals surface area contributed by atoms with Gasteiger partial charge in [-0.3, -0.25) is 4.79 Å². The molecule has 6 nitrogen and oxygen atoms in total. The summed E-state index contributed by atoms with van der Waals surface area (Å²) in [6.07, 6.45) is 3.49. The van der Waals surface area contributed by atoms with Crippen LogP contribution in [0.2, 0.25) is 0 Å². The Hall–Kier alpha value is -4.19. The monoisotopic (exact) mass is 396 g/mol. The molecule has 0 atom stereocenters. The second-order valence-electron chi connectivity index (χ2n) is 6.51. The van der Waals surface area contributed by atoms with E-state index in [9.17, 15) is 4.79 Å². The largest absolute Gasteiger partial charge is 0.497 e. The number of aromatic nitrogens is 2. The van der Waals surface area contributed by atoms with E-state index in [0.717, 1.165) is 28.3 Å². The molecule has 0 saturated carbocycles. The van der Waals surface area contributed by atoms with Gasteiger partial charge in [-0.2, -0.15) is 10.2 Å². The molecule has 0 bridgehead atoms. The Kier molecular flexibility index (Phi) is 5.66. The summed E-state index contributed by atoms with van der Waals surface area (Å²) in [6.45, 7) is 0. The third-order valence-corrected chi connectivity index (χ3v) is 4.53. The molecule has 3 aromatic carbocycles. The van der Waals surface area contributed by atoms with Crippen LogP contribution in [0, 0.1) is 0 Å². The van der Waals surface area contributed by atoms with E-state index in [1.54, 1.807) is 30.1 Å². The number of rotatable bonds is 6. The zero-order valence-corrected chi connectivity index (χ0v) is 16.4. The Morgan fingerprint density at radius 3 is 2.30 bits per heavy atom. The zero-order chi connectivity index (χ0) is 20.8. The highest BCUT2D eigenvalue weighted by atomic mass is 16.5. The first-order valence-electron chi connectivity index (χ1n) is 9.42. The van der Waals surface area contributed by atoms with Gasteiger partial charge < -0.3 is 4.74 Å². The highest BCUT2D eigenvalue weighted by Crippen LogP contribution is 2.25. The maximum Gasteiger partial charge on any atom is 0.271 e. The number of nitrogens with zero attached hydrogens (tertiary/aromatic N) is 3. The average Bonchev–Trinajstić information content (AvgIpc) is 3.24. The minimum atomic E-state index is -0.270. The second kappa shape index (κ2) is 8.87. The molecule has 148 valence electrons. The van der Waals surface area contributed by atoms with Crippen LogP contribution < -0.4 is 10.2 Å². The maximum absolute atomic E-state index is 12.2. The van der Waals surface area contributed by atoms with Crippen LogP contribution in [0.25, 0.3) is 16.9 Å². The predicted octanol–water partition coefficient (Wildman–Crippen LogP) is 4.31. The Balaban J connectivity index is 1.64. The van der Waals surface area contributed by atoms with Crippen LogP contribution in [0.4, 0.5) is 0 Å². The number of carbonyl (C=O) groups excluding carboxylic acids is 1. The van der Waals surface area contributed by atoms with Gasteiger partial charge in [0.25, 0.3) is 5.91 Å². The fraction of sp³-hybridized carbons (Fsp3) is 0.0417. The normalized spacial score (nSPS) is 10.8. The lowest BCUT2D eigenvalue weighted by atomic mass is 10.1. The van der Waals surface area contributed by atoms with Crippen LogP contribution in [0.5, 0.6) is 5.75 Å². The van der Waals surface area contributed by atoms with Crippen LogP contribution in [0.15, 0.2) is 96.2 Å². The van der Waals surface area contributed by atoms with Crippen molar-refractivity contribution in [2.45, 2.75) is 0 Å². The van der Waals surface area contributed by atoms with Crippen LogP contribution in [-0.4, -0.2) is 29.0 Å². The molecule has 0 spiro atoms. The average molecular weight is 396 g/mol. The van der Waals surface area contributed by atoms with E-state index in [2.05, 4.69) is 10.5 Å². The maximum atomic E-state index is 12.2. The van der Waals surface area contributed by atoms with E-state index in [1.165, 1.54) is 0 Å². The first-order chi connectivity index (χ1) is 14.7. The van der Waals surface area contributed by atoms with Crippen molar-refractivity contribution in [2.75, 3.05) is 7.11 Å². The molecule has 1 heterocycles. The first kappa shape index (κ1) is 19.1. The minimum absolute atomic E-state index is 0.270. The summed E-state index contributed by atoms with van der Waals surface area (Å²) in [5.74, 6) is 0.500. The van der Waals surface area contributed by atoms with Crippen LogP contribution in [0.1, 0.15) is 15.9 Å². The molecule has 1 aromatic heterocycles. The molecule has 0 radical (unpaired) electrons. The SMILES string of the molecule is COc1ccc(-c2nn(-c3ccccc3)cc2C=NNC(=O)c2ccccc2)cc1. The summed E-state index contributed by atoms with van der Waals surface area (Å²) in [5, 5.41) is 8.88. The smallest absolute Gasteiger partial charge is 0.271 e. The molecule has 4 aromatic rings. The fourth-order valence-electron chi connectivity index (χ4n) is 2.98. The van der Waals surface area contributed by atoms with Crippen LogP contribution >= 0.6 is 0 Å². The summed E-state index contributed by atoms with van der Waals surface area (Å²) in [6, 6.07) is 26.4. The quantitative estimate of drug-likeness (QED) is 0.390. The van der Waals surface area contributed by atoms with Crippen molar-refractivity contribution in [3.8, 4) is 22.7 Å². The van der Waals surface area contributed by atoms with Gasteiger partial charge in [0.05, 0.1) is 19.0 Å². The van der Waals surface area contributed by atoms with Gasteiger partial charge in [0.15, 0.2) is 0 Å². The fourth-order valence-corrected chi connectivity index (χ4v) is 2.98. The molecule has 6 heteroatoms. The van der Waals surface area contributed by atoms with E-state index >= 15 is 0 Å². The van der Waals surface area contributed by atoms with Gasteiger partial charge in [0.1, 0.15) is 11.4 Å². The highest BCUT2D eigenvalue weighted by molar-refractivity contribution is 5.95. The van der Waals surface area contributed by atoms with Crippen molar-refractivity contribution in [1.82, 2.24) is 15.2 Å². The van der Waals surface area contributed by atoms with Gasteiger partial charge in [-0.15, -0.1) is 0 Å². The van der Waals surface area contributed by atoms with Crippen molar-refractivity contribution in [1.29, 1.82) is 0 Å². The van der Waals surface area contributed by atoms with E-state index in [-0.39, 0.29) is 5.91 Å². The number of amides is 1. The molecular weight excluding hydrogens is 376 g/mol. The number of para-hydroxylation sites is 1. The summed E-state index contributed by atoms with van der Waals surface area (Å²) in [4.78, 5) is 12.2. The van der Waals surface area contributed by atoms with Crippen molar-refractivity contribution in [3.05, 3.63) is 102 Å². The van der Waals surface area contributed by atoms with E-state index in [1.807, 2.05) is 79.0 Å². The summed E-state index contributed by atoms with van der Waals surface area (Å²) in [7, 11) is 1.63.